The summed E-state index contributed by atoms with van der Waals surface area (Å²) in [6, 6.07) is 14.3. The van der Waals surface area contributed by atoms with E-state index in [2.05, 4.69) is 33.5 Å². The molecule has 1 amide bonds. The molecule has 0 radical (unpaired) electrons. The molecule has 114 valence electrons. The van der Waals surface area contributed by atoms with Crippen molar-refractivity contribution in [3.63, 3.8) is 0 Å². The van der Waals surface area contributed by atoms with Gasteiger partial charge in [0.25, 0.3) is 5.91 Å². The molecule has 0 atom stereocenters. The fourth-order valence-electron chi connectivity index (χ4n) is 2.51. The van der Waals surface area contributed by atoms with Gasteiger partial charge in [-0.3, -0.25) is 4.79 Å². The van der Waals surface area contributed by atoms with Crippen LogP contribution in [-0.2, 0) is 6.54 Å². The van der Waals surface area contributed by atoms with Gasteiger partial charge in [0.1, 0.15) is 5.69 Å². The van der Waals surface area contributed by atoms with E-state index in [0.29, 0.717) is 6.54 Å². The third-order valence-electron chi connectivity index (χ3n) is 3.43. The highest BCUT2D eigenvalue weighted by Crippen LogP contribution is 2.26. The Hall–Kier alpha value is -2.07. The summed E-state index contributed by atoms with van der Waals surface area (Å²) < 4.78 is 3.25. The zero-order valence-corrected chi connectivity index (χ0v) is 13.9. The molecule has 2 aromatic heterocycles. The van der Waals surface area contributed by atoms with Crippen LogP contribution in [0.5, 0.6) is 0 Å². The smallest absolute Gasteiger partial charge is 0.268 e. The summed E-state index contributed by atoms with van der Waals surface area (Å²) in [4.78, 5) is 12.6. The molecule has 1 N–H and O–H groups in total. The number of carbonyl (C=O) groups is 1. The third kappa shape index (κ3) is 3.07. The van der Waals surface area contributed by atoms with Crippen molar-refractivity contribution in [3.8, 4) is 0 Å². The van der Waals surface area contributed by atoms with Gasteiger partial charge in [-0.15, -0.1) is 11.3 Å². The number of carbonyl (C=O) groups excluding carboxylic acids is 1. The maximum Gasteiger partial charge on any atom is 0.268 e. The van der Waals surface area contributed by atoms with E-state index < -0.39 is 0 Å². The molecule has 22 heavy (non-hydrogen) atoms. The zero-order valence-electron chi connectivity index (χ0n) is 13.1. The lowest BCUT2D eigenvalue weighted by Crippen LogP contribution is -2.41. The van der Waals surface area contributed by atoms with Gasteiger partial charge < -0.3 is 9.88 Å². The first-order chi connectivity index (χ1) is 10.4. The molecular formula is C18H20N2OS. The van der Waals surface area contributed by atoms with E-state index in [0.717, 1.165) is 15.9 Å². The van der Waals surface area contributed by atoms with Crippen LogP contribution in [0.3, 0.4) is 0 Å². The Morgan fingerprint density at radius 1 is 1.18 bits per heavy atom. The summed E-state index contributed by atoms with van der Waals surface area (Å²) >= 11 is 1.67. The highest BCUT2D eigenvalue weighted by molar-refractivity contribution is 7.17. The lowest BCUT2D eigenvalue weighted by molar-refractivity contribution is 0.0911. The molecule has 4 heteroatoms. The van der Waals surface area contributed by atoms with Crippen molar-refractivity contribution in [1.29, 1.82) is 0 Å². The minimum atomic E-state index is -0.244. The molecule has 0 fully saturated rings. The topological polar surface area (TPSA) is 34.0 Å². The van der Waals surface area contributed by atoms with Gasteiger partial charge in [0.05, 0.1) is 10.2 Å². The first kappa shape index (κ1) is 14.9. The van der Waals surface area contributed by atoms with Gasteiger partial charge in [-0.1, -0.05) is 30.3 Å². The number of aromatic nitrogens is 1. The SMILES string of the molecule is CC(C)(C)NC(=O)c1cc2sccc2n1Cc1ccccc1. The molecule has 0 spiro atoms. The summed E-state index contributed by atoms with van der Waals surface area (Å²) in [5, 5.41) is 5.12. The van der Waals surface area contributed by atoms with Crippen molar-refractivity contribution in [2.24, 2.45) is 0 Å². The first-order valence-corrected chi connectivity index (χ1v) is 8.25. The molecule has 0 unspecified atom stereocenters. The van der Waals surface area contributed by atoms with Gasteiger partial charge in [0.2, 0.25) is 0 Å². The van der Waals surface area contributed by atoms with E-state index in [1.54, 1.807) is 11.3 Å². The second-order valence-corrected chi connectivity index (χ2v) is 7.42. The van der Waals surface area contributed by atoms with Gasteiger partial charge in [-0.2, -0.15) is 0 Å². The number of rotatable bonds is 3. The van der Waals surface area contributed by atoms with E-state index in [1.165, 1.54) is 5.56 Å². The quantitative estimate of drug-likeness (QED) is 0.769. The molecule has 0 aliphatic heterocycles. The van der Waals surface area contributed by atoms with Crippen LogP contribution < -0.4 is 5.32 Å². The summed E-state index contributed by atoms with van der Waals surface area (Å²) in [6.45, 7) is 6.70. The van der Waals surface area contributed by atoms with Gasteiger partial charge in [-0.05, 0) is 43.8 Å². The number of hydrogen-bond donors (Lipinski definition) is 1. The molecule has 0 aliphatic rings. The van der Waals surface area contributed by atoms with Crippen LogP contribution in [0.15, 0.2) is 47.8 Å². The Bertz CT molecular complexity index is 793. The number of thiophene rings is 1. The van der Waals surface area contributed by atoms with E-state index in [9.17, 15) is 4.79 Å². The molecule has 0 saturated carbocycles. The number of nitrogens with one attached hydrogen (secondary N) is 1. The van der Waals surface area contributed by atoms with Crippen molar-refractivity contribution < 1.29 is 4.79 Å². The van der Waals surface area contributed by atoms with E-state index in [1.807, 2.05) is 45.0 Å². The molecule has 3 aromatic rings. The molecule has 0 saturated heterocycles. The molecule has 3 nitrogen and oxygen atoms in total. The molecule has 3 rings (SSSR count). The van der Waals surface area contributed by atoms with E-state index in [-0.39, 0.29) is 11.4 Å². The maximum atomic E-state index is 12.6. The standard InChI is InChI=1S/C18H20N2OS/c1-18(2,3)19-17(21)15-11-16-14(9-10-22-16)20(15)12-13-7-5-4-6-8-13/h4-11H,12H2,1-3H3,(H,19,21). The van der Waals surface area contributed by atoms with Gasteiger partial charge in [0.15, 0.2) is 0 Å². The van der Waals surface area contributed by atoms with Crippen LogP contribution in [0.2, 0.25) is 0 Å². The highest BCUT2D eigenvalue weighted by atomic mass is 32.1. The Balaban J connectivity index is 2.01. The number of fused-ring (bicyclic) bond motifs is 1. The lowest BCUT2D eigenvalue weighted by atomic mass is 10.1. The number of amides is 1. The number of nitrogens with zero attached hydrogens (tertiary/aromatic N) is 1. The monoisotopic (exact) mass is 312 g/mol. The lowest BCUT2D eigenvalue weighted by Gasteiger charge is -2.21. The van der Waals surface area contributed by atoms with Crippen LogP contribution in [0.1, 0.15) is 36.8 Å². The summed E-state index contributed by atoms with van der Waals surface area (Å²) in [7, 11) is 0. The Morgan fingerprint density at radius 2 is 1.91 bits per heavy atom. The van der Waals surface area contributed by atoms with Gasteiger partial charge in [0, 0.05) is 12.1 Å². The van der Waals surface area contributed by atoms with Crippen molar-refractivity contribution in [2.45, 2.75) is 32.9 Å². The van der Waals surface area contributed by atoms with E-state index in [4.69, 9.17) is 0 Å². The number of benzene rings is 1. The van der Waals surface area contributed by atoms with E-state index >= 15 is 0 Å². The second kappa shape index (κ2) is 5.61. The zero-order chi connectivity index (χ0) is 15.7. The van der Waals surface area contributed by atoms with Crippen LogP contribution in [0.25, 0.3) is 10.2 Å². The molecule has 1 aromatic carbocycles. The minimum Gasteiger partial charge on any atom is -0.346 e. The summed E-state index contributed by atoms with van der Waals surface area (Å²) in [6.07, 6.45) is 0. The third-order valence-corrected chi connectivity index (χ3v) is 4.28. The van der Waals surface area contributed by atoms with Gasteiger partial charge >= 0.3 is 0 Å². The summed E-state index contributed by atoms with van der Waals surface area (Å²) in [5.74, 6) is -0.0215. The normalized spacial score (nSPS) is 11.8. The Labute approximate surface area is 134 Å². The van der Waals surface area contributed by atoms with Crippen molar-refractivity contribution in [3.05, 3.63) is 59.1 Å². The van der Waals surface area contributed by atoms with Crippen LogP contribution in [-0.4, -0.2) is 16.0 Å². The highest BCUT2D eigenvalue weighted by Gasteiger charge is 2.20. The number of hydrogen-bond acceptors (Lipinski definition) is 2. The predicted molar refractivity (Wildman–Crippen MR) is 92.6 cm³/mol. The van der Waals surface area contributed by atoms with Crippen LogP contribution in [0.4, 0.5) is 0 Å². The van der Waals surface area contributed by atoms with Crippen LogP contribution >= 0.6 is 11.3 Å². The maximum absolute atomic E-state index is 12.6. The molecular weight excluding hydrogens is 292 g/mol. The average molecular weight is 312 g/mol. The second-order valence-electron chi connectivity index (χ2n) is 6.48. The van der Waals surface area contributed by atoms with Crippen molar-refractivity contribution in [2.75, 3.05) is 0 Å². The minimum absolute atomic E-state index is 0.0215. The predicted octanol–water partition coefficient (Wildman–Crippen LogP) is 4.28. The fraction of sp³-hybridized carbons (Fsp3) is 0.278. The summed E-state index contributed by atoms with van der Waals surface area (Å²) in [5.41, 5.74) is 2.79. The Kier molecular flexibility index (Phi) is 3.79. The van der Waals surface area contributed by atoms with Crippen molar-refractivity contribution >= 4 is 27.5 Å². The largest absolute Gasteiger partial charge is 0.346 e. The fourth-order valence-corrected chi connectivity index (χ4v) is 3.33. The van der Waals surface area contributed by atoms with Gasteiger partial charge in [-0.25, -0.2) is 0 Å². The Morgan fingerprint density at radius 3 is 2.59 bits per heavy atom. The molecule has 2 heterocycles. The van der Waals surface area contributed by atoms with Crippen molar-refractivity contribution in [1.82, 2.24) is 9.88 Å². The molecule has 0 aliphatic carbocycles. The first-order valence-electron chi connectivity index (χ1n) is 7.37. The van der Waals surface area contributed by atoms with Crippen LogP contribution in [0, 0.1) is 0 Å². The molecule has 0 bridgehead atoms. The average Bonchev–Trinajstić information content (AvgIpc) is 3.01.